The first kappa shape index (κ1) is 14.3. The summed E-state index contributed by atoms with van der Waals surface area (Å²) < 4.78 is 24.1. The van der Waals surface area contributed by atoms with Crippen molar-refractivity contribution >= 4 is 15.6 Å². The summed E-state index contributed by atoms with van der Waals surface area (Å²) >= 11 is 0. The molecule has 2 bridgehead atoms. The minimum atomic E-state index is -2.99. The lowest BCUT2D eigenvalue weighted by Gasteiger charge is -2.27. The van der Waals surface area contributed by atoms with E-state index in [1.54, 1.807) is 18.2 Å². The molecule has 1 aromatic carbocycles. The van der Waals surface area contributed by atoms with Gasteiger partial charge in [0.1, 0.15) is 0 Å². The highest BCUT2D eigenvalue weighted by Crippen LogP contribution is 2.42. The number of rotatable bonds is 2. The number of nitriles is 1. The summed E-state index contributed by atoms with van der Waals surface area (Å²) in [5.41, 5.74) is 1.95. The van der Waals surface area contributed by atoms with Gasteiger partial charge in [-0.05, 0) is 50.3 Å². The van der Waals surface area contributed by atoms with Gasteiger partial charge in [0.05, 0.1) is 22.1 Å². The fourth-order valence-corrected chi connectivity index (χ4v) is 6.07. The van der Waals surface area contributed by atoms with Crippen LogP contribution in [0.2, 0.25) is 0 Å². The molecule has 3 rings (SSSR count). The van der Waals surface area contributed by atoms with Gasteiger partial charge in [0.2, 0.25) is 0 Å². The van der Waals surface area contributed by atoms with Crippen LogP contribution in [0, 0.1) is 24.2 Å². The first-order chi connectivity index (χ1) is 9.93. The molecule has 0 aromatic heterocycles. The van der Waals surface area contributed by atoms with Crippen LogP contribution in [0.4, 0.5) is 0 Å². The van der Waals surface area contributed by atoms with Crippen LogP contribution >= 0.6 is 0 Å². The third kappa shape index (κ3) is 2.28. The van der Waals surface area contributed by atoms with E-state index in [0.717, 1.165) is 5.56 Å². The predicted molar refractivity (Wildman–Crippen MR) is 78.7 cm³/mol. The molecule has 1 aromatic rings. The zero-order valence-corrected chi connectivity index (χ0v) is 12.7. The van der Waals surface area contributed by atoms with Crippen LogP contribution < -0.4 is 0 Å². The molecule has 0 spiro atoms. The topological polar surface area (TPSA) is 75.0 Å². The number of carbonyl (C=O) groups excluding carboxylic acids is 1. The maximum absolute atomic E-state index is 12.6. The second-order valence-electron chi connectivity index (χ2n) is 6.08. The van der Waals surface area contributed by atoms with Gasteiger partial charge in [-0.2, -0.15) is 5.26 Å². The molecule has 5 heteroatoms. The number of benzene rings is 1. The second-order valence-corrected chi connectivity index (χ2v) is 8.60. The monoisotopic (exact) mass is 303 g/mol. The molecule has 2 unspecified atom stereocenters. The van der Waals surface area contributed by atoms with Crippen LogP contribution in [0.5, 0.6) is 0 Å². The lowest BCUT2D eigenvalue weighted by molar-refractivity contribution is 0.0905. The minimum absolute atomic E-state index is 0.0226. The number of aryl methyl sites for hydroxylation is 1. The first-order valence-electron chi connectivity index (χ1n) is 7.21. The number of carbonyl (C=O) groups is 1. The highest BCUT2D eigenvalue weighted by Gasteiger charge is 2.48. The standard InChI is InChI=1S/C16H17NO3S/c1-10-6-11(2-3-12(10)9-17)16(18)13-7-14-4-5-15(8-13)21(14,19)20/h2-3,6,13-15H,4-5,7-8H2,1H3. The lowest BCUT2D eigenvalue weighted by atomic mass is 9.89. The normalized spacial score (nSPS) is 29.8. The first-order valence-corrected chi connectivity index (χ1v) is 8.82. The van der Waals surface area contributed by atoms with Crippen molar-refractivity contribution in [1.82, 2.24) is 0 Å². The lowest BCUT2D eigenvalue weighted by Crippen LogP contribution is -2.36. The summed E-state index contributed by atoms with van der Waals surface area (Å²) in [6.45, 7) is 1.81. The molecule has 2 heterocycles. The summed E-state index contributed by atoms with van der Waals surface area (Å²) in [6, 6.07) is 7.17. The Kier molecular flexibility index (Phi) is 3.37. The quantitative estimate of drug-likeness (QED) is 0.786. The Labute approximate surface area is 124 Å². The smallest absolute Gasteiger partial charge is 0.166 e. The van der Waals surface area contributed by atoms with Gasteiger partial charge in [0.25, 0.3) is 0 Å². The van der Waals surface area contributed by atoms with Gasteiger partial charge in [-0.25, -0.2) is 8.42 Å². The number of fused-ring (bicyclic) bond motifs is 2. The van der Waals surface area contributed by atoms with Gasteiger partial charge in [-0.15, -0.1) is 0 Å². The Balaban J connectivity index is 1.85. The van der Waals surface area contributed by atoms with Gasteiger partial charge in [-0.1, -0.05) is 6.07 Å². The van der Waals surface area contributed by atoms with Crippen molar-refractivity contribution in [3.05, 3.63) is 34.9 Å². The van der Waals surface area contributed by atoms with E-state index in [-0.39, 0.29) is 22.2 Å². The fourth-order valence-electron chi connectivity index (χ4n) is 3.60. The van der Waals surface area contributed by atoms with E-state index in [1.165, 1.54) is 0 Å². The molecule has 110 valence electrons. The fraction of sp³-hybridized carbons (Fsp3) is 0.500. The molecule has 2 aliphatic heterocycles. The number of hydrogen-bond acceptors (Lipinski definition) is 4. The number of hydrogen-bond donors (Lipinski definition) is 0. The van der Waals surface area contributed by atoms with Gasteiger partial charge in [-0.3, -0.25) is 4.79 Å². The third-order valence-corrected chi connectivity index (χ3v) is 7.55. The van der Waals surface area contributed by atoms with E-state index < -0.39 is 9.84 Å². The number of nitrogens with zero attached hydrogens (tertiary/aromatic N) is 1. The summed E-state index contributed by atoms with van der Waals surface area (Å²) in [7, 11) is -2.99. The molecule has 2 aliphatic rings. The average Bonchev–Trinajstić information content (AvgIpc) is 2.66. The molecule has 4 nitrogen and oxygen atoms in total. The molecule has 2 saturated heterocycles. The van der Waals surface area contributed by atoms with Crippen molar-refractivity contribution in [3.8, 4) is 6.07 Å². The van der Waals surface area contributed by atoms with E-state index >= 15 is 0 Å². The third-order valence-electron chi connectivity index (χ3n) is 4.84. The Morgan fingerprint density at radius 2 is 1.86 bits per heavy atom. The van der Waals surface area contributed by atoms with Crippen molar-refractivity contribution < 1.29 is 13.2 Å². The van der Waals surface area contributed by atoms with Gasteiger partial charge >= 0.3 is 0 Å². The Hall–Kier alpha value is -1.67. The highest BCUT2D eigenvalue weighted by molar-refractivity contribution is 7.93. The largest absolute Gasteiger partial charge is 0.294 e. The van der Waals surface area contributed by atoms with Crippen LogP contribution in [0.25, 0.3) is 0 Å². The number of ketones is 1. The molecule has 2 atom stereocenters. The van der Waals surface area contributed by atoms with Gasteiger partial charge < -0.3 is 0 Å². The van der Waals surface area contributed by atoms with Crippen molar-refractivity contribution in [2.24, 2.45) is 5.92 Å². The molecule has 0 saturated carbocycles. The Morgan fingerprint density at radius 1 is 1.24 bits per heavy atom. The highest BCUT2D eigenvalue weighted by atomic mass is 32.2. The van der Waals surface area contributed by atoms with Crippen LogP contribution in [0.15, 0.2) is 18.2 Å². The van der Waals surface area contributed by atoms with Crippen molar-refractivity contribution in [2.75, 3.05) is 0 Å². The molecule has 0 radical (unpaired) electrons. The summed E-state index contributed by atoms with van der Waals surface area (Å²) in [4.78, 5) is 12.6. The van der Waals surface area contributed by atoms with Crippen LogP contribution in [-0.4, -0.2) is 24.7 Å². The minimum Gasteiger partial charge on any atom is -0.294 e. The van der Waals surface area contributed by atoms with E-state index in [2.05, 4.69) is 6.07 Å². The molecular weight excluding hydrogens is 286 g/mol. The SMILES string of the molecule is Cc1cc(C(=O)C2CC3CCC(C2)S3(=O)=O)ccc1C#N. The molecule has 21 heavy (non-hydrogen) atoms. The van der Waals surface area contributed by atoms with Crippen molar-refractivity contribution in [1.29, 1.82) is 5.26 Å². The van der Waals surface area contributed by atoms with Crippen LogP contribution in [-0.2, 0) is 9.84 Å². The molecule has 0 N–H and O–H groups in total. The Morgan fingerprint density at radius 3 is 2.38 bits per heavy atom. The summed E-state index contributed by atoms with van der Waals surface area (Å²) in [5.74, 6) is -0.173. The van der Waals surface area contributed by atoms with E-state index in [1.807, 2.05) is 6.92 Å². The van der Waals surface area contributed by atoms with Gasteiger partial charge in [0.15, 0.2) is 15.6 Å². The van der Waals surface area contributed by atoms with Crippen LogP contribution in [0.3, 0.4) is 0 Å². The molecular formula is C16H17NO3S. The van der Waals surface area contributed by atoms with Crippen molar-refractivity contribution in [3.63, 3.8) is 0 Å². The molecule has 2 fully saturated rings. The number of sulfone groups is 1. The average molecular weight is 303 g/mol. The number of Topliss-reactive ketones (excluding diaryl/α,β-unsaturated/α-hetero) is 1. The predicted octanol–water partition coefficient (Wildman–Crippen LogP) is 2.41. The second kappa shape index (κ2) is 4.96. The van der Waals surface area contributed by atoms with E-state index in [4.69, 9.17) is 5.26 Å². The van der Waals surface area contributed by atoms with Gasteiger partial charge in [0, 0.05) is 11.5 Å². The van der Waals surface area contributed by atoms with Crippen molar-refractivity contribution in [2.45, 2.75) is 43.1 Å². The molecule has 0 amide bonds. The maximum Gasteiger partial charge on any atom is 0.166 e. The Bertz CT molecular complexity index is 725. The summed E-state index contributed by atoms with van der Waals surface area (Å²) in [5, 5.41) is 8.27. The summed E-state index contributed by atoms with van der Waals surface area (Å²) in [6.07, 6.45) is 2.31. The zero-order valence-electron chi connectivity index (χ0n) is 11.9. The van der Waals surface area contributed by atoms with E-state index in [0.29, 0.717) is 36.8 Å². The molecule has 0 aliphatic carbocycles. The van der Waals surface area contributed by atoms with Crippen LogP contribution in [0.1, 0.15) is 47.2 Å². The zero-order chi connectivity index (χ0) is 15.2. The van der Waals surface area contributed by atoms with E-state index in [9.17, 15) is 13.2 Å². The maximum atomic E-state index is 12.6.